The van der Waals surface area contributed by atoms with Crippen LogP contribution in [0, 0.1) is 0 Å². The van der Waals surface area contributed by atoms with Gasteiger partial charge in [-0.2, -0.15) is 5.10 Å². The molecule has 1 aliphatic heterocycles. The molecule has 2 aromatic carbocycles. The molecule has 4 aromatic heterocycles. The molecule has 216 valence electrons. The molecule has 0 amide bonds. The van der Waals surface area contributed by atoms with Crippen molar-refractivity contribution in [3.05, 3.63) is 76.0 Å². The summed E-state index contributed by atoms with van der Waals surface area (Å²) in [6.07, 6.45) is 4.78. The highest BCUT2D eigenvalue weighted by Crippen LogP contribution is 2.44. The summed E-state index contributed by atoms with van der Waals surface area (Å²) in [4.78, 5) is 18.6. The zero-order valence-corrected chi connectivity index (χ0v) is 26.7. The predicted octanol–water partition coefficient (Wildman–Crippen LogP) is 1.52. The first-order valence-corrected chi connectivity index (χ1v) is 16.4. The molecule has 7 rings (SSSR count). The van der Waals surface area contributed by atoms with Crippen molar-refractivity contribution >= 4 is 82.5 Å². The van der Waals surface area contributed by atoms with Gasteiger partial charge >= 0.3 is 5.69 Å². The molecule has 0 bridgehead atoms. The normalized spacial score (nSPS) is 15.2. The van der Waals surface area contributed by atoms with Gasteiger partial charge in [-0.25, -0.2) is 22.2 Å². The Morgan fingerprint density at radius 3 is 2.44 bits per heavy atom. The van der Waals surface area contributed by atoms with Crippen LogP contribution in [0.5, 0.6) is 0 Å². The summed E-state index contributed by atoms with van der Waals surface area (Å²) < 4.78 is 41.0. The lowest BCUT2D eigenvalue weighted by Crippen LogP contribution is -2.35. The number of hydrogen-bond acceptors (Lipinski definition) is 6. The van der Waals surface area contributed by atoms with E-state index in [1.165, 1.54) is 3.97 Å². The topological polar surface area (TPSA) is 106 Å². The summed E-state index contributed by atoms with van der Waals surface area (Å²) in [6, 6.07) is 14.2. The molecular weight excluding hydrogens is 629 g/mol. The largest absolute Gasteiger partial charge is 0.381 e. The second-order valence-corrected chi connectivity index (χ2v) is 14.5. The average Bonchev–Trinajstić information content (AvgIpc) is 3.63. The van der Waals surface area contributed by atoms with Crippen molar-refractivity contribution < 1.29 is 13.2 Å². The maximum atomic E-state index is 14.2. The van der Waals surface area contributed by atoms with Gasteiger partial charge in [0.2, 0.25) is 0 Å². The predicted molar refractivity (Wildman–Crippen MR) is 179 cm³/mol. The second kappa shape index (κ2) is 10.00. The van der Waals surface area contributed by atoms with Crippen molar-refractivity contribution in [2.24, 2.45) is 7.05 Å². The van der Waals surface area contributed by atoms with Crippen LogP contribution in [0.3, 0.4) is 0 Å². The minimum absolute atomic E-state index is 0.0937. The molecule has 0 atom stereocenters. The number of halogens is 1. The van der Waals surface area contributed by atoms with Gasteiger partial charge in [0, 0.05) is 37.3 Å². The molecule has 1 fully saturated rings. The quantitative estimate of drug-likeness (QED) is 0.261. The van der Waals surface area contributed by atoms with E-state index in [1.807, 2.05) is 33.6 Å². The highest BCUT2D eigenvalue weighted by molar-refractivity contribution is 9.10. The van der Waals surface area contributed by atoms with Gasteiger partial charge in [0.1, 0.15) is 28.1 Å². The molecule has 1 aliphatic rings. The standard InChI is InChI=1S/C28H28B3BrN6O4S/c1-35-21-15-33-26-23(24(21)36(27(35)39)18-9-11-42-12-10-18)22(25(32)37(26)43(40,41)19-5-3-2-4-6-19)16-7-8-20-17(13-16)14-34-38(20)28(29,30)31/h2-8,13-15,18H,9-12,29-31H2,1H3. The van der Waals surface area contributed by atoms with Gasteiger partial charge in [-0.15, -0.1) is 0 Å². The van der Waals surface area contributed by atoms with E-state index in [1.54, 1.807) is 48.1 Å². The molecule has 0 radical (unpaired) electrons. The Kier molecular flexibility index (Phi) is 6.57. The smallest absolute Gasteiger partial charge is 0.329 e. The Labute approximate surface area is 259 Å². The van der Waals surface area contributed by atoms with Crippen LogP contribution < -0.4 is 5.69 Å². The molecular formula is C28H28B3BrN6O4S. The van der Waals surface area contributed by atoms with Crippen LogP contribution in [0.15, 0.2) is 75.2 Å². The SMILES string of the molecule is BC(B)(B)n1ncc2cc(-c3c(Br)n(S(=O)(=O)c4ccccc4)c4ncc5c(c34)n(C3CCOCC3)c(=O)n5C)ccc21. The van der Waals surface area contributed by atoms with E-state index in [2.05, 4.69) is 44.6 Å². The Morgan fingerprint density at radius 1 is 1.02 bits per heavy atom. The highest BCUT2D eigenvalue weighted by Gasteiger charge is 2.32. The molecule has 15 heteroatoms. The van der Waals surface area contributed by atoms with Gasteiger partial charge in [0.05, 0.1) is 39.2 Å². The van der Waals surface area contributed by atoms with Crippen molar-refractivity contribution in [3.8, 4) is 11.1 Å². The lowest BCUT2D eigenvalue weighted by Gasteiger charge is -2.23. The summed E-state index contributed by atoms with van der Waals surface area (Å²) in [5.41, 5.74) is 3.76. The number of benzene rings is 2. The van der Waals surface area contributed by atoms with Gasteiger partial charge in [-0.05, 0) is 63.8 Å². The van der Waals surface area contributed by atoms with Crippen LogP contribution in [-0.2, 0) is 27.0 Å². The van der Waals surface area contributed by atoms with Crippen molar-refractivity contribution in [2.75, 3.05) is 13.2 Å². The Balaban J connectivity index is 1.62. The summed E-state index contributed by atoms with van der Waals surface area (Å²) in [6.45, 7) is 1.10. The molecule has 5 heterocycles. The summed E-state index contributed by atoms with van der Waals surface area (Å²) in [7, 11) is 3.95. The van der Waals surface area contributed by atoms with Crippen LogP contribution >= 0.6 is 15.9 Å². The summed E-state index contributed by atoms with van der Waals surface area (Å²) >= 11 is 3.71. The van der Waals surface area contributed by atoms with E-state index in [4.69, 9.17) is 9.72 Å². The average molecular weight is 657 g/mol. The lowest BCUT2D eigenvalue weighted by atomic mass is 9.49. The fourth-order valence-corrected chi connectivity index (χ4v) is 8.75. The Bertz CT molecular complexity index is 2230. The molecule has 43 heavy (non-hydrogen) atoms. The lowest BCUT2D eigenvalue weighted by molar-refractivity contribution is 0.0697. The zero-order chi connectivity index (χ0) is 30.3. The Hall–Kier alpha value is -3.55. The van der Waals surface area contributed by atoms with Crippen LogP contribution in [0.1, 0.15) is 18.9 Å². The van der Waals surface area contributed by atoms with Crippen LogP contribution in [-0.4, -0.2) is 73.0 Å². The third kappa shape index (κ3) is 4.27. The maximum Gasteiger partial charge on any atom is 0.329 e. The molecule has 1 saturated heterocycles. The number of aryl methyl sites for hydroxylation is 1. The number of aromatic nitrogens is 6. The number of nitrogens with zero attached hydrogens (tertiary/aromatic N) is 6. The van der Waals surface area contributed by atoms with Crippen molar-refractivity contribution in [1.82, 2.24) is 27.9 Å². The zero-order valence-electron chi connectivity index (χ0n) is 24.3. The second-order valence-electron chi connectivity index (χ2n) is 12.0. The first-order valence-electron chi connectivity index (χ1n) is 14.2. The van der Waals surface area contributed by atoms with E-state index in [9.17, 15) is 13.2 Å². The van der Waals surface area contributed by atoms with Crippen molar-refractivity contribution in [2.45, 2.75) is 29.0 Å². The molecule has 0 unspecified atom stereocenters. The molecule has 6 aromatic rings. The van der Waals surface area contributed by atoms with E-state index in [-0.39, 0.29) is 27.5 Å². The van der Waals surface area contributed by atoms with Crippen molar-refractivity contribution in [1.29, 1.82) is 0 Å². The van der Waals surface area contributed by atoms with E-state index >= 15 is 0 Å². The fraction of sp³-hybridized carbons (Fsp3) is 0.250. The van der Waals surface area contributed by atoms with E-state index in [0.29, 0.717) is 52.6 Å². The van der Waals surface area contributed by atoms with Gasteiger partial charge in [0.25, 0.3) is 10.0 Å². The summed E-state index contributed by atoms with van der Waals surface area (Å²) in [5.74, 6) is 0. The molecule has 0 aliphatic carbocycles. The van der Waals surface area contributed by atoms with Gasteiger partial charge in [-0.1, -0.05) is 24.3 Å². The van der Waals surface area contributed by atoms with Crippen LogP contribution in [0.2, 0.25) is 0 Å². The number of fused-ring (bicyclic) bond motifs is 4. The number of pyridine rings is 1. The molecule has 10 nitrogen and oxygen atoms in total. The maximum absolute atomic E-state index is 14.2. The van der Waals surface area contributed by atoms with Crippen LogP contribution in [0.25, 0.3) is 44.1 Å². The highest BCUT2D eigenvalue weighted by atomic mass is 79.9. The van der Waals surface area contributed by atoms with Crippen molar-refractivity contribution in [3.63, 3.8) is 0 Å². The number of ether oxygens (including phenoxy) is 1. The van der Waals surface area contributed by atoms with Gasteiger partial charge < -0.3 is 4.74 Å². The minimum Gasteiger partial charge on any atom is -0.381 e. The van der Waals surface area contributed by atoms with Gasteiger partial charge in [-0.3, -0.25) is 13.8 Å². The third-order valence-electron chi connectivity index (χ3n) is 8.26. The molecule has 0 spiro atoms. The van der Waals surface area contributed by atoms with E-state index in [0.717, 1.165) is 16.5 Å². The first-order chi connectivity index (χ1) is 20.5. The van der Waals surface area contributed by atoms with Gasteiger partial charge in [0.15, 0.2) is 5.65 Å². The van der Waals surface area contributed by atoms with Crippen LogP contribution in [0.4, 0.5) is 0 Å². The van der Waals surface area contributed by atoms with E-state index < -0.39 is 10.0 Å². The third-order valence-corrected chi connectivity index (χ3v) is 11.0. The Morgan fingerprint density at radius 2 is 1.74 bits per heavy atom. The number of hydrogen-bond donors (Lipinski definition) is 0. The molecule has 0 saturated carbocycles. The summed E-state index contributed by atoms with van der Waals surface area (Å²) in [5, 5.41) is 5.93. The minimum atomic E-state index is -4.07. The molecule has 0 N–H and O–H groups in total. The first kappa shape index (κ1) is 28.2. The fourth-order valence-electron chi connectivity index (χ4n) is 6.20. The monoisotopic (exact) mass is 656 g/mol. The number of imidazole rings is 1. The number of rotatable bonds is 5.